The number of hydrogen-bond acceptors (Lipinski definition) is 3. The summed E-state index contributed by atoms with van der Waals surface area (Å²) in [6, 6.07) is 5.92. The summed E-state index contributed by atoms with van der Waals surface area (Å²) in [6.45, 7) is -1.67. The van der Waals surface area contributed by atoms with Crippen LogP contribution in [0.2, 0.25) is 0 Å². The van der Waals surface area contributed by atoms with Crippen molar-refractivity contribution < 1.29 is 38.9 Å². The first-order valence-corrected chi connectivity index (χ1v) is 6.43. The number of benzene rings is 1. The minimum absolute atomic E-state index is 0.391. The standard InChI is InChI=1S/C10H8F6O3S/c11-9(12,13)8(7-4-2-1-3-5-7)6-19-20(17,18)10(14,15)16/h1-5,8H,6H2. The van der Waals surface area contributed by atoms with Crippen molar-refractivity contribution in [2.45, 2.75) is 17.6 Å². The average Bonchev–Trinajstić information content (AvgIpc) is 2.27. The zero-order chi connectivity index (χ0) is 15.6. The second-order valence-corrected chi connectivity index (χ2v) is 5.30. The van der Waals surface area contributed by atoms with Crippen LogP contribution < -0.4 is 0 Å². The van der Waals surface area contributed by atoms with Gasteiger partial charge >= 0.3 is 21.8 Å². The summed E-state index contributed by atoms with van der Waals surface area (Å²) >= 11 is 0. The van der Waals surface area contributed by atoms with Crippen LogP contribution in [0.1, 0.15) is 11.5 Å². The quantitative estimate of drug-likeness (QED) is 0.486. The topological polar surface area (TPSA) is 43.4 Å². The van der Waals surface area contributed by atoms with Crippen molar-refractivity contribution in [1.29, 1.82) is 0 Å². The zero-order valence-corrected chi connectivity index (χ0v) is 10.4. The van der Waals surface area contributed by atoms with Gasteiger partial charge in [-0.2, -0.15) is 34.8 Å². The Balaban J connectivity index is 2.95. The number of hydrogen-bond donors (Lipinski definition) is 0. The van der Waals surface area contributed by atoms with Crippen LogP contribution in [0.15, 0.2) is 30.3 Å². The molecule has 0 radical (unpaired) electrons. The number of halogens is 6. The highest BCUT2D eigenvalue weighted by Gasteiger charge is 2.49. The summed E-state index contributed by atoms with van der Waals surface area (Å²) < 4.78 is 98.8. The highest BCUT2D eigenvalue weighted by Crippen LogP contribution is 2.36. The van der Waals surface area contributed by atoms with E-state index in [1.807, 2.05) is 0 Å². The molecule has 1 unspecified atom stereocenters. The van der Waals surface area contributed by atoms with E-state index in [1.165, 1.54) is 18.2 Å². The normalized spacial score (nSPS) is 15.1. The third kappa shape index (κ3) is 4.10. The largest absolute Gasteiger partial charge is 0.523 e. The van der Waals surface area contributed by atoms with E-state index in [9.17, 15) is 34.8 Å². The molecule has 20 heavy (non-hydrogen) atoms. The van der Waals surface area contributed by atoms with E-state index in [0.29, 0.717) is 0 Å². The minimum Gasteiger partial charge on any atom is -0.262 e. The molecule has 0 spiro atoms. The third-order valence-corrected chi connectivity index (χ3v) is 3.28. The van der Waals surface area contributed by atoms with Crippen molar-refractivity contribution in [3.8, 4) is 0 Å². The molecular formula is C10H8F6O3S. The van der Waals surface area contributed by atoms with Gasteiger partial charge in [-0.25, -0.2) is 0 Å². The maximum Gasteiger partial charge on any atom is 0.523 e. The fourth-order valence-corrected chi connectivity index (χ4v) is 1.74. The van der Waals surface area contributed by atoms with E-state index in [2.05, 4.69) is 4.18 Å². The first kappa shape index (κ1) is 16.8. The van der Waals surface area contributed by atoms with Crippen LogP contribution in [0.3, 0.4) is 0 Å². The molecule has 0 aromatic heterocycles. The van der Waals surface area contributed by atoms with Gasteiger partial charge in [-0.15, -0.1) is 0 Å². The number of alkyl halides is 6. The second kappa shape index (κ2) is 5.60. The summed E-state index contributed by atoms with van der Waals surface area (Å²) in [5.41, 5.74) is -6.16. The Morgan fingerprint density at radius 2 is 1.50 bits per heavy atom. The fourth-order valence-electron chi connectivity index (χ4n) is 1.29. The molecular weight excluding hydrogens is 314 g/mol. The Labute approximate surface area is 110 Å². The summed E-state index contributed by atoms with van der Waals surface area (Å²) in [5, 5.41) is 0. The predicted molar refractivity (Wildman–Crippen MR) is 56.2 cm³/mol. The zero-order valence-electron chi connectivity index (χ0n) is 9.57. The van der Waals surface area contributed by atoms with E-state index in [-0.39, 0.29) is 0 Å². The van der Waals surface area contributed by atoms with Gasteiger partial charge < -0.3 is 0 Å². The first-order chi connectivity index (χ1) is 8.95. The van der Waals surface area contributed by atoms with Gasteiger partial charge in [0.2, 0.25) is 0 Å². The average molecular weight is 322 g/mol. The highest BCUT2D eigenvalue weighted by molar-refractivity contribution is 7.87. The van der Waals surface area contributed by atoms with Crippen LogP contribution in [-0.4, -0.2) is 26.7 Å². The second-order valence-electron chi connectivity index (χ2n) is 3.69. The van der Waals surface area contributed by atoms with Crippen molar-refractivity contribution in [1.82, 2.24) is 0 Å². The monoisotopic (exact) mass is 322 g/mol. The Hall–Kier alpha value is -1.29. The van der Waals surface area contributed by atoms with Gasteiger partial charge in [-0.3, -0.25) is 4.18 Å². The van der Waals surface area contributed by atoms with Gasteiger partial charge in [0, 0.05) is 0 Å². The Bertz CT molecular complexity index is 534. The lowest BCUT2D eigenvalue weighted by Crippen LogP contribution is -2.31. The van der Waals surface area contributed by atoms with E-state index in [0.717, 1.165) is 12.1 Å². The van der Waals surface area contributed by atoms with Gasteiger partial charge in [0.15, 0.2) is 0 Å². The van der Waals surface area contributed by atoms with Crippen molar-refractivity contribution >= 4 is 10.1 Å². The highest BCUT2D eigenvalue weighted by atomic mass is 32.2. The SMILES string of the molecule is O=S(=O)(OCC(c1ccccc1)C(F)(F)F)C(F)(F)F. The lowest BCUT2D eigenvalue weighted by Gasteiger charge is -2.20. The van der Waals surface area contributed by atoms with Gasteiger partial charge in [-0.1, -0.05) is 30.3 Å². The van der Waals surface area contributed by atoms with Crippen LogP contribution in [0.5, 0.6) is 0 Å². The van der Waals surface area contributed by atoms with Crippen LogP contribution in [0.4, 0.5) is 26.3 Å². The van der Waals surface area contributed by atoms with Gasteiger partial charge in [-0.05, 0) is 5.56 Å². The van der Waals surface area contributed by atoms with Gasteiger partial charge in [0.25, 0.3) is 0 Å². The molecule has 0 heterocycles. The van der Waals surface area contributed by atoms with Crippen molar-refractivity contribution in [2.24, 2.45) is 0 Å². The van der Waals surface area contributed by atoms with Crippen LogP contribution in [-0.2, 0) is 14.3 Å². The minimum atomic E-state index is -6.06. The third-order valence-electron chi connectivity index (χ3n) is 2.27. The molecule has 0 saturated carbocycles. The first-order valence-electron chi connectivity index (χ1n) is 5.02. The summed E-state index contributed by atoms with van der Waals surface area (Å²) in [5.74, 6) is -2.47. The molecule has 1 atom stereocenters. The molecule has 114 valence electrons. The molecule has 0 fully saturated rings. The molecule has 1 aromatic rings. The molecule has 3 nitrogen and oxygen atoms in total. The number of rotatable bonds is 4. The van der Waals surface area contributed by atoms with Crippen LogP contribution >= 0.6 is 0 Å². The molecule has 0 bridgehead atoms. The molecule has 0 aliphatic heterocycles. The van der Waals surface area contributed by atoms with Gasteiger partial charge in [0.05, 0.1) is 6.61 Å². The molecule has 0 aliphatic carbocycles. The maximum atomic E-state index is 12.7. The maximum absolute atomic E-state index is 12.7. The molecule has 0 saturated heterocycles. The van der Waals surface area contributed by atoms with Crippen molar-refractivity contribution in [3.63, 3.8) is 0 Å². The Morgan fingerprint density at radius 1 is 1.00 bits per heavy atom. The summed E-state index contributed by atoms with van der Waals surface area (Å²) in [6.07, 6.45) is -4.94. The Morgan fingerprint density at radius 3 is 1.90 bits per heavy atom. The fraction of sp³-hybridized carbons (Fsp3) is 0.400. The summed E-state index contributed by atoms with van der Waals surface area (Å²) in [7, 11) is -6.06. The van der Waals surface area contributed by atoms with Crippen molar-refractivity contribution in [3.05, 3.63) is 35.9 Å². The molecule has 0 aliphatic rings. The van der Waals surface area contributed by atoms with E-state index < -0.39 is 39.9 Å². The molecule has 0 amide bonds. The molecule has 1 rings (SSSR count). The van der Waals surface area contributed by atoms with Crippen LogP contribution in [0.25, 0.3) is 0 Å². The van der Waals surface area contributed by atoms with Gasteiger partial charge in [0.1, 0.15) is 5.92 Å². The molecule has 10 heteroatoms. The van der Waals surface area contributed by atoms with Crippen LogP contribution in [0, 0.1) is 0 Å². The van der Waals surface area contributed by atoms with E-state index in [1.54, 1.807) is 0 Å². The Kier molecular flexibility index (Phi) is 4.70. The van der Waals surface area contributed by atoms with E-state index >= 15 is 0 Å². The van der Waals surface area contributed by atoms with E-state index in [4.69, 9.17) is 0 Å². The smallest absolute Gasteiger partial charge is 0.262 e. The molecule has 0 N–H and O–H groups in total. The lowest BCUT2D eigenvalue weighted by molar-refractivity contribution is -0.157. The lowest BCUT2D eigenvalue weighted by atomic mass is 10.00. The predicted octanol–water partition coefficient (Wildman–Crippen LogP) is 3.20. The van der Waals surface area contributed by atoms with Crippen molar-refractivity contribution in [2.75, 3.05) is 6.61 Å². The molecule has 1 aromatic carbocycles. The summed E-state index contributed by atoms with van der Waals surface area (Å²) in [4.78, 5) is 0.